The van der Waals surface area contributed by atoms with Gasteiger partial charge in [0.2, 0.25) is 0 Å². The lowest BCUT2D eigenvalue weighted by Crippen LogP contribution is -2.48. The lowest BCUT2D eigenvalue weighted by molar-refractivity contribution is -0.169. The van der Waals surface area contributed by atoms with Crippen molar-refractivity contribution in [2.24, 2.45) is 5.73 Å². The Morgan fingerprint density at radius 1 is 1.50 bits per heavy atom. The summed E-state index contributed by atoms with van der Waals surface area (Å²) in [5.74, 6) is -2.99. The van der Waals surface area contributed by atoms with Crippen molar-refractivity contribution in [3.05, 3.63) is 35.4 Å². The molecule has 0 bridgehead atoms. The van der Waals surface area contributed by atoms with Crippen LogP contribution in [0.15, 0.2) is 24.3 Å². The predicted molar refractivity (Wildman–Crippen MR) is 65.5 cm³/mol. The number of hydrogen-bond acceptors (Lipinski definition) is 3. The van der Waals surface area contributed by atoms with Crippen LogP contribution in [0.5, 0.6) is 0 Å². The molecule has 1 heterocycles. The number of likely N-dealkylation sites (N-methyl/N-ethyl adjacent to an activating group) is 1. The van der Waals surface area contributed by atoms with Crippen LogP contribution in [0.1, 0.15) is 11.1 Å². The van der Waals surface area contributed by atoms with E-state index in [-0.39, 0.29) is 18.7 Å². The fourth-order valence-electron chi connectivity index (χ4n) is 2.09. The second-order valence-electron chi connectivity index (χ2n) is 4.65. The minimum absolute atomic E-state index is 0.0225. The van der Waals surface area contributed by atoms with Crippen molar-refractivity contribution in [2.45, 2.75) is 18.6 Å². The van der Waals surface area contributed by atoms with Gasteiger partial charge in [-0.3, -0.25) is 0 Å². The van der Waals surface area contributed by atoms with E-state index in [1.165, 1.54) is 12.1 Å². The molecule has 18 heavy (non-hydrogen) atoms. The van der Waals surface area contributed by atoms with Crippen molar-refractivity contribution in [1.29, 1.82) is 0 Å². The number of rotatable bonds is 3. The molecule has 1 aliphatic heterocycles. The Bertz CT molecular complexity index is 412. The third-order valence-corrected chi connectivity index (χ3v) is 3.22. The molecular weight excluding hydrogens is 238 g/mol. The SMILES string of the molecule is CN1CCOC(C(F)(F)c2cccc(CN)c2)C1. The lowest BCUT2D eigenvalue weighted by Gasteiger charge is -2.35. The molecule has 3 nitrogen and oxygen atoms in total. The van der Waals surface area contributed by atoms with E-state index in [1.54, 1.807) is 12.1 Å². The van der Waals surface area contributed by atoms with E-state index in [0.29, 0.717) is 18.7 Å². The highest BCUT2D eigenvalue weighted by molar-refractivity contribution is 5.28. The fraction of sp³-hybridized carbons (Fsp3) is 0.538. The minimum atomic E-state index is -2.99. The molecule has 1 unspecified atom stereocenters. The Labute approximate surface area is 106 Å². The van der Waals surface area contributed by atoms with E-state index >= 15 is 0 Å². The number of ether oxygens (including phenoxy) is 1. The zero-order valence-electron chi connectivity index (χ0n) is 10.4. The molecule has 0 spiro atoms. The quantitative estimate of drug-likeness (QED) is 0.892. The summed E-state index contributed by atoms with van der Waals surface area (Å²) in [6, 6.07) is 6.24. The largest absolute Gasteiger partial charge is 0.369 e. The van der Waals surface area contributed by atoms with E-state index in [2.05, 4.69) is 0 Å². The standard InChI is InChI=1S/C13H18F2N2O/c1-17-5-6-18-12(9-17)13(14,15)11-4-2-3-10(7-11)8-16/h2-4,7,12H,5-6,8-9,16H2,1H3. The van der Waals surface area contributed by atoms with Gasteiger partial charge in [0, 0.05) is 25.2 Å². The summed E-state index contributed by atoms with van der Waals surface area (Å²) in [5, 5.41) is 0. The monoisotopic (exact) mass is 256 g/mol. The molecule has 0 radical (unpaired) electrons. The van der Waals surface area contributed by atoms with Crippen molar-refractivity contribution in [3.8, 4) is 0 Å². The molecule has 1 aromatic rings. The molecule has 0 aliphatic carbocycles. The molecule has 2 rings (SSSR count). The van der Waals surface area contributed by atoms with E-state index in [4.69, 9.17) is 10.5 Å². The van der Waals surface area contributed by atoms with Gasteiger partial charge in [0.05, 0.1) is 6.61 Å². The van der Waals surface area contributed by atoms with Gasteiger partial charge < -0.3 is 15.4 Å². The van der Waals surface area contributed by atoms with Gasteiger partial charge in [-0.15, -0.1) is 0 Å². The Hall–Kier alpha value is -1.04. The smallest absolute Gasteiger partial charge is 0.300 e. The van der Waals surface area contributed by atoms with Crippen molar-refractivity contribution >= 4 is 0 Å². The van der Waals surface area contributed by atoms with Crippen LogP contribution in [-0.2, 0) is 17.2 Å². The van der Waals surface area contributed by atoms with Gasteiger partial charge in [-0.05, 0) is 18.7 Å². The summed E-state index contributed by atoms with van der Waals surface area (Å²) < 4.78 is 33.9. The maximum atomic E-state index is 14.3. The number of nitrogens with two attached hydrogens (primary N) is 1. The average molecular weight is 256 g/mol. The molecular formula is C13H18F2N2O. The minimum Gasteiger partial charge on any atom is -0.369 e. The molecule has 100 valence electrons. The Morgan fingerprint density at radius 2 is 2.28 bits per heavy atom. The van der Waals surface area contributed by atoms with Crippen LogP contribution < -0.4 is 5.73 Å². The summed E-state index contributed by atoms with van der Waals surface area (Å²) in [4.78, 5) is 1.86. The van der Waals surface area contributed by atoms with E-state index in [1.807, 2.05) is 11.9 Å². The van der Waals surface area contributed by atoms with Gasteiger partial charge in [-0.2, -0.15) is 8.78 Å². The van der Waals surface area contributed by atoms with Crippen LogP contribution in [0, 0.1) is 0 Å². The number of halogens is 2. The molecule has 1 fully saturated rings. The molecule has 1 aromatic carbocycles. The summed E-state index contributed by atoms with van der Waals surface area (Å²) in [6.07, 6.45) is -1.09. The third kappa shape index (κ3) is 2.68. The van der Waals surface area contributed by atoms with Crippen LogP contribution in [0.2, 0.25) is 0 Å². The molecule has 5 heteroatoms. The number of nitrogens with zero attached hydrogens (tertiary/aromatic N) is 1. The number of alkyl halides is 2. The second-order valence-corrected chi connectivity index (χ2v) is 4.65. The zero-order chi connectivity index (χ0) is 13.2. The van der Waals surface area contributed by atoms with Gasteiger partial charge in [-0.1, -0.05) is 18.2 Å². The maximum Gasteiger partial charge on any atom is 0.300 e. The second kappa shape index (κ2) is 5.30. The molecule has 1 atom stereocenters. The first-order chi connectivity index (χ1) is 8.54. The normalized spacial score (nSPS) is 22.1. The third-order valence-electron chi connectivity index (χ3n) is 3.22. The number of morpholine rings is 1. The Morgan fingerprint density at radius 3 is 2.94 bits per heavy atom. The van der Waals surface area contributed by atoms with Crippen LogP contribution in [-0.4, -0.2) is 37.7 Å². The van der Waals surface area contributed by atoms with E-state index in [0.717, 1.165) is 0 Å². The highest BCUT2D eigenvalue weighted by atomic mass is 19.3. The van der Waals surface area contributed by atoms with Gasteiger partial charge in [-0.25, -0.2) is 0 Å². The van der Waals surface area contributed by atoms with E-state index in [9.17, 15) is 8.78 Å². The first-order valence-corrected chi connectivity index (χ1v) is 6.01. The van der Waals surface area contributed by atoms with Crippen molar-refractivity contribution in [3.63, 3.8) is 0 Å². The first-order valence-electron chi connectivity index (χ1n) is 6.01. The van der Waals surface area contributed by atoms with Crippen LogP contribution in [0.4, 0.5) is 8.78 Å². The van der Waals surface area contributed by atoms with E-state index < -0.39 is 12.0 Å². The zero-order valence-corrected chi connectivity index (χ0v) is 10.4. The molecule has 0 saturated carbocycles. The fourth-order valence-corrected chi connectivity index (χ4v) is 2.09. The molecule has 1 aliphatic rings. The highest BCUT2D eigenvalue weighted by Gasteiger charge is 2.44. The van der Waals surface area contributed by atoms with Gasteiger partial charge in [0.25, 0.3) is 5.92 Å². The molecule has 0 amide bonds. The Balaban J connectivity index is 2.22. The van der Waals surface area contributed by atoms with Gasteiger partial charge in [0.1, 0.15) is 6.10 Å². The topological polar surface area (TPSA) is 38.5 Å². The number of hydrogen-bond donors (Lipinski definition) is 1. The predicted octanol–water partition coefficient (Wildman–Crippen LogP) is 1.57. The summed E-state index contributed by atoms with van der Waals surface area (Å²) in [5.41, 5.74) is 6.16. The summed E-state index contributed by atoms with van der Waals surface area (Å²) >= 11 is 0. The van der Waals surface area contributed by atoms with Gasteiger partial charge in [0.15, 0.2) is 0 Å². The molecule has 1 saturated heterocycles. The highest BCUT2D eigenvalue weighted by Crippen LogP contribution is 2.35. The lowest BCUT2D eigenvalue weighted by atomic mass is 10.00. The van der Waals surface area contributed by atoms with Crippen LogP contribution in [0.3, 0.4) is 0 Å². The van der Waals surface area contributed by atoms with Crippen LogP contribution in [0.25, 0.3) is 0 Å². The maximum absolute atomic E-state index is 14.3. The van der Waals surface area contributed by atoms with Gasteiger partial charge >= 0.3 is 0 Å². The van der Waals surface area contributed by atoms with Crippen molar-refractivity contribution in [2.75, 3.05) is 26.7 Å². The van der Waals surface area contributed by atoms with Crippen molar-refractivity contribution in [1.82, 2.24) is 4.90 Å². The molecule has 2 N–H and O–H groups in total. The number of benzene rings is 1. The molecule has 0 aromatic heterocycles. The first kappa shape index (κ1) is 13.4. The van der Waals surface area contributed by atoms with Crippen LogP contribution >= 0.6 is 0 Å². The average Bonchev–Trinajstić information content (AvgIpc) is 2.39. The summed E-state index contributed by atoms with van der Waals surface area (Å²) in [6.45, 7) is 1.53. The summed E-state index contributed by atoms with van der Waals surface area (Å²) in [7, 11) is 1.82. The Kier molecular flexibility index (Phi) is 3.94. The van der Waals surface area contributed by atoms with Crippen molar-refractivity contribution < 1.29 is 13.5 Å².